The number of alkyl halides is 3. The molecule has 4 nitrogen and oxygen atoms in total. The second-order valence-electron chi connectivity index (χ2n) is 7.14. The molecular weight excluding hydrogens is 347 g/mol. The van der Waals surface area contributed by atoms with Gasteiger partial charge in [0.15, 0.2) is 0 Å². The summed E-state index contributed by atoms with van der Waals surface area (Å²) in [5.74, 6) is 0. The Morgan fingerprint density at radius 3 is 2.65 bits per heavy atom. The van der Waals surface area contributed by atoms with E-state index in [9.17, 15) is 18.3 Å². The first kappa shape index (κ1) is 19.6. The van der Waals surface area contributed by atoms with Gasteiger partial charge in [-0.25, -0.2) is 0 Å². The Bertz CT molecular complexity index is 571. The van der Waals surface area contributed by atoms with E-state index in [1.54, 1.807) is 6.07 Å². The van der Waals surface area contributed by atoms with E-state index in [0.717, 1.165) is 38.4 Å². The Kier molecular flexibility index (Phi) is 6.55. The highest BCUT2D eigenvalue weighted by molar-refractivity contribution is 5.29. The van der Waals surface area contributed by atoms with Crippen LogP contribution in [0, 0.1) is 0 Å². The van der Waals surface area contributed by atoms with Crippen LogP contribution < -0.4 is 0 Å². The van der Waals surface area contributed by atoms with Crippen molar-refractivity contribution in [1.29, 1.82) is 0 Å². The fraction of sp³-hybridized carbons (Fsp3) is 0.684. The maximum absolute atomic E-state index is 13.2. The van der Waals surface area contributed by atoms with Gasteiger partial charge in [-0.05, 0) is 37.3 Å². The summed E-state index contributed by atoms with van der Waals surface area (Å²) in [5.41, 5.74) is -0.353. The summed E-state index contributed by atoms with van der Waals surface area (Å²) in [4.78, 5) is 1.94. The number of ether oxygens (including phenoxy) is 2. The van der Waals surface area contributed by atoms with Crippen LogP contribution in [-0.2, 0) is 22.2 Å². The third-order valence-corrected chi connectivity index (χ3v) is 4.84. The number of rotatable bonds is 9. The van der Waals surface area contributed by atoms with Crippen molar-refractivity contribution in [3.05, 3.63) is 35.4 Å². The lowest BCUT2D eigenvalue weighted by atomic mass is 10.1. The van der Waals surface area contributed by atoms with E-state index in [4.69, 9.17) is 9.47 Å². The van der Waals surface area contributed by atoms with Gasteiger partial charge in [-0.2, -0.15) is 13.2 Å². The molecule has 0 amide bonds. The Hall–Kier alpha value is -1.15. The zero-order chi connectivity index (χ0) is 18.6. The molecule has 146 valence electrons. The summed E-state index contributed by atoms with van der Waals surface area (Å²) in [5, 5.41) is 10.2. The molecule has 2 unspecified atom stereocenters. The molecular formula is C19H26F3NO3. The Labute approximate surface area is 151 Å². The quantitative estimate of drug-likeness (QED) is 0.722. The topological polar surface area (TPSA) is 41.9 Å². The summed E-state index contributed by atoms with van der Waals surface area (Å²) >= 11 is 0. The molecule has 1 aromatic carbocycles. The number of nitrogens with zero attached hydrogens (tertiary/aromatic N) is 1. The highest BCUT2D eigenvalue weighted by atomic mass is 19.4. The van der Waals surface area contributed by atoms with Gasteiger partial charge >= 0.3 is 6.18 Å². The first-order chi connectivity index (χ1) is 12.4. The smallest absolute Gasteiger partial charge is 0.389 e. The molecule has 1 saturated carbocycles. The molecule has 1 heterocycles. The Balaban J connectivity index is 1.53. The van der Waals surface area contributed by atoms with Gasteiger partial charge in [0.25, 0.3) is 0 Å². The maximum Gasteiger partial charge on any atom is 0.416 e. The average Bonchev–Trinajstić information content (AvgIpc) is 3.31. The summed E-state index contributed by atoms with van der Waals surface area (Å²) < 4.78 is 50.6. The van der Waals surface area contributed by atoms with Crippen LogP contribution in [0.1, 0.15) is 36.8 Å². The molecule has 1 aliphatic heterocycles. The van der Waals surface area contributed by atoms with Crippen molar-refractivity contribution in [1.82, 2.24) is 4.90 Å². The molecule has 1 saturated heterocycles. The van der Waals surface area contributed by atoms with Crippen molar-refractivity contribution < 1.29 is 27.8 Å². The zero-order valence-electron chi connectivity index (χ0n) is 14.8. The van der Waals surface area contributed by atoms with Gasteiger partial charge in [-0.3, -0.25) is 4.90 Å². The van der Waals surface area contributed by atoms with E-state index in [1.807, 2.05) is 4.90 Å². The van der Waals surface area contributed by atoms with E-state index in [2.05, 4.69) is 0 Å². The lowest BCUT2D eigenvalue weighted by Crippen LogP contribution is -2.37. The second-order valence-corrected chi connectivity index (χ2v) is 7.14. The third-order valence-electron chi connectivity index (χ3n) is 4.84. The van der Waals surface area contributed by atoms with E-state index < -0.39 is 17.8 Å². The minimum atomic E-state index is -4.37. The minimum Gasteiger partial charge on any atom is -0.389 e. The molecule has 1 aromatic rings. The molecule has 1 N–H and O–H groups in total. The standard InChI is InChI=1S/C19H26F3NO3/c20-19(21,22)18-6-2-1-4-14(18)10-23(15-7-8-15)11-16(24)12-25-13-17-5-3-9-26-17/h1-2,4,6,15-17,24H,3,5,7-13H2. The molecule has 3 rings (SSSR count). The number of hydrogen-bond donors (Lipinski definition) is 1. The van der Waals surface area contributed by atoms with E-state index in [-0.39, 0.29) is 30.9 Å². The molecule has 0 radical (unpaired) electrons. The number of aliphatic hydroxyl groups is 1. The Morgan fingerprint density at radius 1 is 1.23 bits per heavy atom. The van der Waals surface area contributed by atoms with Gasteiger partial charge in [-0.15, -0.1) is 0 Å². The highest BCUT2D eigenvalue weighted by Crippen LogP contribution is 2.34. The lowest BCUT2D eigenvalue weighted by molar-refractivity contribution is -0.138. The molecule has 2 aliphatic rings. The van der Waals surface area contributed by atoms with Crippen LogP contribution >= 0.6 is 0 Å². The highest BCUT2D eigenvalue weighted by Gasteiger charge is 2.35. The second kappa shape index (κ2) is 8.69. The van der Waals surface area contributed by atoms with Crippen molar-refractivity contribution in [2.75, 3.05) is 26.4 Å². The lowest BCUT2D eigenvalue weighted by Gasteiger charge is -2.26. The number of benzene rings is 1. The monoisotopic (exact) mass is 373 g/mol. The minimum absolute atomic E-state index is 0.0976. The van der Waals surface area contributed by atoms with Gasteiger partial charge in [0, 0.05) is 25.7 Å². The first-order valence-corrected chi connectivity index (χ1v) is 9.20. The summed E-state index contributed by atoms with van der Waals surface area (Å²) in [6, 6.07) is 5.89. The zero-order valence-corrected chi connectivity index (χ0v) is 14.8. The van der Waals surface area contributed by atoms with Gasteiger partial charge in [0.2, 0.25) is 0 Å². The fourth-order valence-electron chi connectivity index (χ4n) is 3.37. The van der Waals surface area contributed by atoms with Crippen LogP contribution in [0.5, 0.6) is 0 Å². The number of halogens is 3. The molecule has 0 aromatic heterocycles. The van der Waals surface area contributed by atoms with Crippen LogP contribution in [0.2, 0.25) is 0 Å². The Morgan fingerprint density at radius 2 is 2.00 bits per heavy atom. The summed E-state index contributed by atoms with van der Waals surface area (Å²) in [6.07, 6.45) is -1.08. The largest absolute Gasteiger partial charge is 0.416 e. The molecule has 2 fully saturated rings. The van der Waals surface area contributed by atoms with Crippen molar-refractivity contribution >= 4 is 0 Å². The van der Waals surface area contributed by atoms with Crippen molar-refractivity contribution in [2.24, 2.45) is 0 Å². The van der Waals surface area contributed by atoms with Gasteiger partial charge in [-0.1, -0.05) is 18.2 Å². The fourth-order valence-corrected chi connectivity index (χ4v) is 3.37. The normalized spacial score (nSPS) is 22.1. The van der Waals surface area contributed by atoms with Gasteiger partial charge in [0.05, 0.1) is 31.0 Å². The SMILES string of the molecule is OC(COCC1CCCO1)CN(Cc1ccccc1C(F)(F)F)C1CC1. The summed E-state index contributed by atoms with van der Waals surface area (Å²) in [6.45, 7) is 1.87. The van der Waals surface area contributed by atoms with E-state index >= 15 is 0 Å². The van der Waals surface area contributed by atoms with Gasteiger partial charge < -0.3 is 14.6 Å². The van der Waals surface area contributed by atoms with E-state index in [1.165, 1.54) is 12.1 Å². The third kappa shape index (κ3) is 5.67. The van der Waals surface area contributed by atoms with Crippen LogP contribution in [0.3, 0.4) is 0 Å². The predicted molar refractivity (Wildman–Crippen MR) is 90.7 cm³/mol. The van der Waals surface area contributed by atoms with E-state index in [0.29, 0.717) is 13.2 Å². The molecule has 0 spiro atoms. The van der Waals surface area contributed by atoms with Crippen LogP contribution in [0.25, 0.3) is 0 Å². The average molecular weight is 373 g/mol. The predicted octanol–water partition coefficient (Wildman–Crippen LogP) is 3.23. The van der Waals surface area contributed by atoms with Gasteiger partial charge in [0.1, 0.15) is 0 Å². The molecule has 1 aliphatic carbocycles. The number of hydrogen-bond acceptors (Lipinski definition) is 4. The number of aliphatic hydroxyl groups excluding tert-OH is 1. The summed E-state index contributed by atoms with van der Waals surface area (Å²) in [7, 11) is 0. The molecule has 0 bridgehead atoms. The van der Waals surface area contributed by atoms with Crippen LogP contribution in [0.4, 0.5) is 13.2 Å². The van der Waals surface area contributed by atoms with Crippen molar-refractivity contribution in [3.8, 4) is 0 Å². The van der Waals surface area contributed by atoms with Crippen molar-refractivity contribution in [3.63, 3.8) is 0 Å². The molecule has 26 heavy (non-hydrogen) atoms. The van der Waals surface area contributed by atoms with Crippen LogP contribution in [0.15, 0.2) is 24.3 Å². The maximum atomic E-state index is 13.2. The first-order valence-electron chi connectivity index (χ1n) is 9.20. The van der Waals surface area contributed by atoms with Crippen molar-refractivity contribution in [2.45, 2.75) is 56.7 Å². The molecule has 7 heteroatoms. The molecule has 2 atom stereocenters. The van der Waals surface area contributed by atoms with Crippen LogP contribution in [-0.4, -0.2) is 54.6 Å².